The summed E-state index contributed by atoms with van der Waals surface area (Å²) in [4.78, 5) is 0. The van der Waals surface area contributed by atoms with Gasteiger partial charge in [0, 0.05) is 0 Å². The summed E-state index contributed by atoms with van der Waals surface area (Å²) < 4.78 is 0. The number of rotatable bonds is 6. The molecule has 118 valence electrons. The molecule has 0 aromatic heterocycles. The molecule has 1 rings (SSSR count). The first-order valence-corrected chi connectivity index (χ1v) is 8.60. The molecule has 0 aromatic carbocycles. The largest absolute Gasteiger partial charge is 0.0817 e. The van der Waals surface area contributed by atoms with Crippen LogP contribution in [0.5, 0.6) is 0 Å². The molecule has 0 aliphatic heterocycles. The maximum Gasteiger partial charge on any atom is -0.0104 e. The van der Waals surface area contributed by atoms with E-state index in [1.165, 1.54) is 37.7 Å². The average molecular weight is 287 g/mol. The molecule has 1 unspecified atom stereocenters. The van der Waals surface area contributed by atoms with E-state index < -0.39 is 0 Å². The summed E-state index contributed by atoms with van der Waals surface area (Å²) >= 11 is 0. The van der Waals surface area contributed by atoms with Crippen molar-refractivity contribution in [2.24, 2.45) is 11.3 Å². The minimum absolute atomic E-state index is 0.338. The van der Waals surface area contributed by atoms with Crippen LogP contribution in [-0.2, 0) is 0 Å². The van der Waals surface area contributed by atoms with Crippen LogP contribution < -0.4 is 0 Å². The monoisotopic (exact) mass is 286 g/mol. The lowest BCUT2D eigenvalue weighted by atomic mass is 9.72. The molecule has 0 saturated carbocycles. The Hall–Kier alpha value is -1.04. The molecule has 0 radical (unpaired) electrons. The van der Waals surface area contributed by atoms with E-state index in [4.69, 9.17) is 0 Å². The van der Waals surface area contributed by atoms with Crippen LogP contribution in [0, 0.1) is 11.3 Å². The van der Waals surface area contributed by atoms with E-state index in [1.807, 2.05) is 0 Å². The van der Waals surface area contributed by atoms with Crippen molar-refractivity contribution in [3.8, 4) is 0 Å². The van der Waals surface area contributed by atoms with E-state index in [2.05, 4.69) is 71.9 Å². The van der Waals surface area contributed by atoms with E-state index in [0.29, 0.717) is 11.3 Å². The Balaban J connectivity index is 2.71. The minimum Gasteiger partial charge on any atom is -0.0817 e. The number of allylic oxidation sites excluding steroid dienone is 8. The van der Waals surface area contributed by atoms with Gasteiger partial charge in [0.1, 0.15) is 0 Å². The molecule has 1 aliphatic carbocycles. The molecule has 1 aliphatic rings. The lowest BCUT2D eigenvalue weighted by Gasteiger charge is -2.32. The summed E-state index contributed by atoms with van der Waals surface area (Å²) in [6.07, 6.45) is 17.8. The maximum absolute atomic E-state index is 2.38. The highest BCUT2D eigenvalue weighted by Gasteiger charge is 2.26. The fourth-order valence-corrected chi connectivity index (χ4v) is 3.23. The van der Waals surface area contributed by atoms with Crippen molar-refractivity contribution in [2.45, 2.75) is 73.6 Å². The zero-order valence-electron chi connectivity index (χ0n) is 15.0. The Labute approximate surface area is 132 Å². The fraction of sp³-hybridized carbons (Fsp3) is 0.619. The van der Waals surface area contributed by atoms with Crippen LogP contribution >= 0.6 is 0 Å². The standard InChI is InChI=1S/C21H34/c1-7-10-17(2)11-8-12-18(3)14-15-20-19(4)13-9-16-21(20,5)6/h8,11-12,14-15,17H,7,9-10,13,16H2,1-6H3/b11-8+,15-14+,18-12+. The van der Waals surface area contributed by atoms with Gasteiger partial charge in [-0.2, -0.15) is 0 Å². The highest BCUT2D eigenvalue weighted by atomic mass is 14.3. The first-order chi connectivity index (χ1) is 9.86. The summed E-state index contributed by atoms with van der Waals surface area (Å²) in [6, 6.07) is 0. The Morgan fingerprint density at radius 3 is 2.67 bits per heavy atom. The molecular formula is C21H34. The molecule has 0 amide bonds. The molecule has 21 heavy (non-hydrogen) atoms. The second-order valence-corrected chi connectivity index (χ2v) is 7.33. The SMILES string of the molecule is CCCC(C)/C=C/C=C(C)/C=C/C1=C(C)CCCC1(C)C. The van der Waals surface area contributed by atoms with Gasteiger partial charge in [0.05, 0.1) is 0 Å². The van der Waals surface area contributed by atoms with Crippen molar-refractivity contribution in [3.05, 3.63) is 47.1 Å². The van der Waals surface area contributed by atoms with Gasteiger partial charge in [0.15, 0.2) is 0 Å². The third-order valence-corrected chi connectivity index (χ3v) is 4.60. The van der Waals surface area contributed by atoms with E-state index in [9.17, 15) is 0 Å². The van der Waals surface area contributed by atoms with E-state index in [1.54, 1.807) is 11.1 Å². The van der Waals surface area contributed by atoms with E-state index in [-0.39, 0.29) is 0 Å². The van der Waals surface area contributed by atoms with Crippen LogP contribution in [0.2, 0.25) is 0 Å². The molecule has 0 spiro atoms. The Morgan fingerprint density at radius 1 is 1.33 bits per heavy atom. The summed E-state index contributed by atoms with van der Waals surface area (Å²) in [7, 11) is 0. The normalized spacial score (nSPS) is 21.5. The van der Waals surface area contributed by atoms with Crippen molar-refractivity contribution in [3.63, 3.8) is 0 Å². The number of hydrogen-bond donors (Lipinski definition) is 0. The summed E-state index contributed by atoms with van der Waals surface area (Å²) in [5.74, 6) is 0.685. The zero-order chi connectivity index (χ0) is 15.9. The van der Waals surface area contributed by atoms with Gasteiger partial charge in [0.25, 0.3) is 0 Å². The van der Waals surface area contributed by atoms with Crippen LogP contribution in [0.15, 0.2) is 47.1 Å². The molecule has 1 atom stereocenters. The predicted molar refractivity (Wildman–Crippen MR) is 96.4 cm³/mol. The third kappa shape index (κ3) is 6.08. The van der Waals surface area contributed by atoms with Crippen molar-refractivity contribution in [1.29, 1.82) is 0 Å². The third-order valence-electron chi connectivity index (χ3n) is 4.60. The average Bonchev–Trinajstić information content (AvgIpc) is 2.37. The highest BCUT2D eigenvalue weighted by Crippen LogP contribution is 2.40. The minimum atomic E-state index is 0.338. The maximum atomic E-state index is 2.38. The van der Waals surface area contributed by atoms with Crippen LogP contribution in [0.1, 0.15) is 73.6 Å². The van der Waals surface area contributed by atoms with Gasteiger partial charge >= 0.3 is 0 Å². The first kappa shape index (κ1) is 18.0. The molecule has 0 heteroatoms. The fourth-order valence-electron chi connectivity index (χ4n) is 3.23. The Bertz CT molecular complexity index is 441. The lowest BCUT2D eigenvalue weighted by Crippen LogP contribution is -2.19. The molecule has 0 bridgehead atoms. The first-order valence-electron chi connectivity index (χ1n) is 8.60. The van der Waals surface area contributed by atoms with Gasteiger partial charge in [0.2, 0.25) is 0 Å². The van der Waals surface area contributed by atoms with Gasteiger partial charge < -0.3 is 0 Å². The quantitative estimate of drug-likeness (QED) is 0.461. The molecule has 0 heterocycles. The van der Waals surface area contributed by atoms with Gasteiger partial charge in [-0.3, -0.25) is 0 Å². The Kier molecular flexibility index (Phi) is 7.22. The molecule has 0 N–H and O–H groups in total. The van der Waals surface area contributed by atoms with Crippen LogP contribution in [0.4, 0.5) is 0 Å². The molecule has 0 saturated heterocycles. The van der Waals surface area contributed by atoms with E-state index >= 15 is 0 Å². The smallest absolute Gasteiger partial charge is 0.0104 e. The van der Waals surface area contributed by atoms with E-state index in [0.717, 1.165) is 0 Å². The lowest BCUT2D eigenvalue weighted by molar-refractivity contribution is 0.377. The summed E-state index contributed by atoms with van der Waals surface area (Å²) in [5.41, 5.74) is 4.79. The molecule has 0 aromatic rings. The molecular weight excluding hydrogens is 252 g/mol. The van der Waals surface area contributed by atoms with Crippen LogP contribution in [0.3, 0.4) is 0 Å². The van der Waals surface area contributed by atoms with Crippen molar-refractivity contribution < 1.29 is 0 Å². The predicted octanol–water partition coefficient (Wildman–Crippen LogP) is 7.01. The van der Waals surface area contributed by atoms with Crippen molar-refractivity contribution >= 4 is 0 Å². The molecule has 0 nitrogen and oxygen atoms in total. The highest BCUT2D eigenvalue weighted by molar-refractivity contribution is 5.36. The van der Waals surface area contributed by atoms with Gasteiger partial charge in [-0.05, 0) is 56.4 Å². The van der Waals surface area contributed by atoms with Gasteiger partial charge in [-0.1, -0.05) is 75.6 Å². The van der Waals surface area contributed by atoms with Crippen molar-refractivity contribution in [2.75, 3.05) is 0 Å². The van der Waals surface area contributed by atoms with Gasteiger partial charge in [-0.25, -0.2) is 0 Å². The Morgan fingerprint density at radius 2 is 2.05 bits per heavy atom. The second kappa shape index (κ2) is 8.41. The van der Waals surface area contributed by atoms with Crippen LogP contribution in [-0.4, -0.2) is 0 Å². The van der Waals surface area contributed by atoms with Gasteiger partial charge in [-0.15, -0.1) is 0 Å². The second-order valence-electron chi connectivity index (χ2n) is 7.33. The number of hydrogen-bond acceptors (Lipinski definition) is 0. The van der Waals surface area contributed by atoms with Crippen LogP contribution in [0.25, 0.3) is 0 Å². The topological polar surface area (TPSA) is 0 Å². The van der Waals surface area contributed by atoms with Crippen molar-refractivity contribution in [1.82, 2.24) is 0 Å². The summed E-state index contributed by atoms with van der Waals surface area (Å²) in [6.45, 7) is 13.8. The zero-order valence-corrected chi connectivity index (χ0v) is 15.0. The summed E-state index contributed by atoms with van der Waals surface area (Å²) in [5, 5.41) is 0. The molecule has 0 fully saturated rings.